The number of hydrogen-bond acceptors (Lipinski definition) is 6. The maximum Gasteiger partial charge on any atom is 0.280 e. The standard InChI is InChI=1S/C22H22BrF2N7O2S/c1-5-31-9(2)13(7-27-31)12-6-15(19(24)25)29-22-16(12)17(18(35-22)20(26)33)30-21(34)11(4)32-10(3)14(23)8-28-32/h6-8,11,19H,5H2,1-4H3,(H2,26,33)(H,30,34). The molecular formula is C22H22BrF2N7O2S. The number of aromatic nitrogens is 5. The lowest BCUT2D eigenvalue weighted by Gasteiger charge is -2.16. The first-order chi connectivity index (χ1) is 16.5. The first kappa shape index (κ1) is 24.9. The van der Waals surface area contributed by atoms with Crippen molar-refractivity contribution in [3.05, 3.63) is 44.9 Å². The van der Waals surface area contributed by atoms with E-state index in [1.807, 2.05) is 13.8 Å². The summed E-state index contributed by atoms with van der Waals surface area (Å²) < 4.78 is 31.4. The molecule has 0 bridgehead atoms. The van der Waals surface area contributed by atoms with Gasteiger partial charge in [0, 0.05) is 23.2 Å². The third kappa shape index (κ3) is 4.33. The van der Waals surface area contributed by atoms with E-state index in [1.165, 1.54) is 10.7 Å². The molecule has 0 aliphatic carbocycles. The number of fused-ring (bicyclic) bond motifs is 1. The fraction of sp³-hybridized carbons (Fsp3) is 0.318. The van der Waals surface area contributed by atoms with Crippen molar-refractivity contribution in [3.63, 3.8) is 0 Å². The van der Waals surface area contributed by atoms with Gasteiger partial charge in [0.2, 0.25) is 5.91 Å². The maximum atomic E-state index is 13.7. The van der Waals surface area contributed by atoms with E-state index in [9.17, 15) is 18.4 Å². The lowest BCUT2D eigenvalue weighted by atomic mass is 10.0. The molecule has 1 atom stereocenters. The Labute approximate surface area is 211 Å². The number of hydrogen-bond donors (Lipinski definition) is 2. The number of anilines is 1. The summed E-state index contributed by atoms with van der Waals surface area (Å²) in [5.74, 6) is -1.27. The Balaban J connectivity index is 1.93. The summed E-state index contributed by atoms with van der Waals surface area (Å²) in [5.41, 5.74) is 7.75. The van der Waals surface area contributed by atoms with Crippen LogP contribution in [-0.4, -0.2) is 36.4 Å². The van der Waals surface area contributed by atoms with Gasteiger partial charge in [0.15, 0.2) is 0 Å². The van der Waals surface area contributed by atoms with Gasteiger partial charge in [0.1, 0.15) is 21.4 Å². The molecule has 0 aliphatic rings. The number of nitrogens with zero attached hydrogens (tertiary/aromatic N) is 5. The summed E-state index contributed by atoms with van der Waals surface area (Å²) in [6.07, 6.45) is 0.317. The topological polar surface area (TPSA) is 121 Å². The summed E-state index contributed by atoms with van der Waals surface area (Å²) in [7, 11) is 0. The fourth-order valence-electron chi connectivity index (χ4n) is 3.90. The van der Waals surface area contributed by atoms with Crippen LogP contribution < -0.4 is 11.1 Å². The molecule has 4 aromatic heterocycles. The van der Waals surface area contributed by atoms with Gasteiger partial charge in [-0.05, 0) is 55.3 Å². The predicted octanol–water partition coefficient (Wildman–Crippen LogP) is 4.99. The van der Waals surface area contributed by atoms with E-state index in [4.69, 9.17) is 5.73 Å². The average molecular weight is 566 g/mol. The quantitative estimate of drug-likeness (QED) is 0.327. The van der Waals surface area contributed by atoms with E-state index in [0.717, 1.165) is 27.2 Å². The highest BCUT2D eigenvalue weighted by molar-refractivity contribution is 9.10. The highest BCUT2D eigenvalue weighted by atomic mass is 79.9. The zero-order valence-electron chi connectivity index (χ0n) is 19.3. The van der Waals surface area contributed by atoms with Crippen LogP contribution in [0.1, 0.15) is 53.1 Å². The largest absolute Gasteiger partial charge is 0.365 e. The molecule has 2 amide bonds. The zero-order valence-corrected chi connectivity index (χ0v) is 21.7. The van der Waals surface area contributed by atoms with Crippen LogP contribution in [0.2, 0.25) is 0 Å². The van der Waals surface area contributed by atoms with Gasteiger partial charge in [-0.3, -0.25) is 19.0 Å². The third-order valence-electron chi connectivity index (χ3n) is 5.80. The van der Waals surface area contributed by atoms with Gasteiger partial charge in [-0.1, -0.05) is 0 Å². The Hall–Kier alpha value is -3.19. The van der Waals surface area contributed by atoms with Gasteiger partial charge in [-0.2, -0.15) is 10.2 Å². The molecule has 1 unspecified atom stereocenters. The molecule has 0 aliphatic heterocycles. The first-order valence-electron chi connectivity index (χ1n) is 10.6. The number of aryl methyl sites for hydroxylation is 1. The minimum atomic E-state index is -2.84. The number of carbonyl (C=O) groups is 2. The molecule has 9 nitrogen and oxygen atoms in total. The molecule has 4 aromatic rings. The summed E-state index contributed by atoms with van der Waals surface area (Å²) in [4.78, 5) is 29.8. The number of thiophene rings is 1. The van der Waals surface area contributed by atoms with Crippen molar-refractivity contribution in [1.29, 1.82) is 0 Å². The number of alkyl halides is 2. The van der Waals surface area contributed by atoms with Crippen molar-refractivity contribution in [2.45, 2.75) is 46.7 Å². The molecule has 0 saturated carbocycles. The molecule has 13 heteroatoms. The fourth-order valence-corrected chi connectivity index (χ4v) is 5.18. The molecule has 0 spiro atoms. The van der Waals surface area contributed by atoms with Crippen LogP contribution in [0.15, 0.2) is 22.9 Å². The normalized spacial score (nSPS) is 12.5. The highest BCUT2D eigenvalue weighted by Crippen LogP contribution is 2.43. The Morgan fingerprint density at radius 1 is 1.20 bits per heavy atom. The van der Waals surface area contributed by atoms with Gasteiger partial charge in [-0.25, -0.2) is 13.8 Å². The number of rotatable bonds is 7. The second kappa shape index (κ2) is 9.46. The van der Waals surface area contributed by atoms with Crippen LogP contribution in [0, 0.1) is 13.8 Å². The summed E-state index contributed by atoms with van der Waals surface area (Å²) >= 11 is 4.23. The molecule has 0 fully saturated rings. The van der Waals surface area contributed by atoms with Crippen molar-refractivity contribution in [1.82, 2.24) is 24.5 Å². The number of amides is 2. The molecule has 4 rings (SSSR count). The minimum absolute atomic E-state index is 0.0135. The molecule has 0 radical (unpaired) electrons. The lowest BCUT2D eigenvalue weighted by Crippen LogP contribution is -2.26. The number of pyridine rings is 1. The molecule has 4 heterocycles. The first-order valence-corrected chi connectivity index (χ1v) is 12.2. The van der Waals surface area contributed by atoms with E-state index in [2.05, 4.69) is 36.4 Å². The Bertz CT molecular complexity index is 1460. The molecule has 3 N–H and O–H groups in total. The van der Waals surface area contributed by atoms with E-state index in [1.54, 1.807) is 30.9 Å². The predicted molar refractivity (Wildman–Crippen MR) is 133 cm³/mol. The lowest BCUT2D eigenvalue weighted by molar-refractivity contribution is -0.119. The van der Waals surface area contributed by atoms with E-state index in [0.29, 0.717) is 23.1 Å². The SMILES string of the molecule is CCn1ncc(-c2cc(C(F)F)nc3sc(C(N)=O)c(NC(=O)C(C)n4ncc(Br)c4C)c23)c1C. The van der Waals surface area contributed by atoms with Crippen LogP contribution in [0.25, 0.3) is 21.3 Å². The van der Waals surface area contributed by atoms with Crippen LogP contribution >= 0.6 is 27.3 Å². The summed E-state index contributed by atoms with van der Waals surface area (Å²) in [6, 6.07) is 0.529. The average Bonchev–Trinajstić information content (AvgIpc) is 3.48. The molecule has 35 heavy (non-hydrogen) atoms. The van der Waals surface area contributed by atoms with Gasteiger partial charge < -0.3 is 11.1 Å². The Morgan fingerprint density at radius 3 is 2.46 bits per heavy atom. The number of primary amides is 1. The molecule has 0 aromatic carbocycles. The van der Waals surface area contributed by atoms with Gasteiger partial charge in [0.05, 0.1) is 28.2 Å². The van der Waals surface area contributed by atoms with Crippen molar-refractivity contribution in [2.24, 2.45) is 5.73 Å². The van der Waals surface area contributed by atoms with E-state index >= 15 is 0 Å². The number of nitrogens with one attached hydrogen (secondary N) is 1. The van der Waals surface area contributed by atoms with Crippen molar-refractivity contribution < 1.29 is 18.4 Å². The van der Waals surface area contributed by atoms with Crippen LogP contribution in [0.3, 0.4) is 0 Å². The van der Waals surface area contributed by atoms with Gasteiger partial charge >= 0.3 is 0 Å². The third-order valence-corrected chi connectivity index (χ3v) is 7.68. The zero-order chi connectivity index (χ0) is 25.6. The number of carbonyl (C=O) groups excluding carboxylic acids is 2. The number of halogens is 3. The van der Waals surface area contributed by atoms with Crippen molar-refractivity contribution in [2.75, 3.05) is 5.32 Å². The second-order valence-electron chi connectivity index (χ2n) is 7.89. The second-order valence-corrected chi connectivity index (χ2v) is 9.75. The van der Waals surface area contributed by atoms with Crippen LogP contribution in [0.5, 0.6) is 0 Å². The van der Waals surface area contributed by atoms with Crippen molar-refractivity contribution >= 4 is 55.0 Å². The summed E-state index contributed by atoms with van der Waals surface area (Å²) in [5, 5.41) is 11.7. The Kier molecular flexibility index (Phi) is 6.73. The molecule has 0 saturated heterocycles. The van der Waals surface area contributed by atoms with Crippen LogP contribution in [-0.2, 0) is 11.3 Å². The smallest absolute Gasteiger partial charge is 0.280 e. The number of nitrogens with two attached hydrogens (primary N) is 1. The monoisotopic (exact) mass is 565 g/mol. The van der Waals surface area contributed by atoms with E-state index in [-0.39, 0.29) is 15.4 Å². The highest BCUT2D eigenvalue weighted by Gasteiger charge is 2.28. The van der Waals surface area contributed by atoms with Gasteiger partial charge in [-0.15, -0.1) is 11.3 Å². The summed E-state index contributed by atoms with van der Waals surface area (Å²) in [6.45, 7) is 7.77. The molecular weight excluding hydrogens is 544 g/mol. The van der Waals surface area contributed by atoms with E-state index < -0.39 is 30.0 Å². The maximum absolute atomic E-state index is 13.7. The van der Waals surface area contributed by atoms with Crippen LogP contribution in [0.4, 0.5) is 14.5 Å². The van der Waals surface area contributed by atoms with Crippen molar-refractivity contribution in [3.8, 4) is 11.1 Å². The van der Waals surface area contributed by atoms with Gasteiger partial charge in [0.25, 0.3) is 12.3 Å². The molecule has 184 valence electrons. The minimum Gasteiger partial charge on any atom is -0.365 e. The Morgan fingerprint density at radius 2 is 1.91 bits per heavy atom.